The second-order valence-electron chi connectivity index (χ2n) is 7.09. The molecule has 1 N–H and O–H groups in total. The van der Waals surface area contributed by atoms with E-state index in [2.05, 4.69) is 31.3 Å². The van der Waals surface area contributed by atoms with Crippen molar-refractivity contribution >= 4 is 11.6 Å². The summed E-state index contributed by atoms with van der Waals surface area (Å²) in [6, 6.07) is 17.1. The number of carbonyl (C=O) groups is 1. The average molecular weight is 393 g/mol. The molecule has 0 bridgehead atoms. The number of furan rings is 1. The van der Waals surface area contributed by atoms with E-state index in [1.54, 1.807) is 19.2 Å². The molecular formula is C24H27NO4. The van der Waals surface area contributed by atoms with Gasteiger partial charge >= 0.3 is 0 Å². The lowest BCUT2D eigenvalue weighted by Gasteiger charge is -2.10. The van der Waals surface area contributed by atoms with Crippen LogP contribution in [0.4, 0.5) is 5.69 Å². The number of rotatable bonds is 8. The van der Waals surface area contributed by atoms with Crippen LogP contribution < -0.4 is 14.8 Å². The predicted octanol–water partition coefficient (Wildman–Crippen LogP) is 5.94. The number of amides is 1. The highest BCUT2D eigenvalue weighted by Crippen LogP contribution is 2.26. The van der Waals surface area contributed by atoms with Gasteiger partial charge in [-0.25, -0.2) is 0 Å². The van der Waals surface area contributed by atoms with Gasteiger partial charge in [-0.05, 0) is 66.8 Å². The van der Waals surface area contributed by atoms with E-state index in [1.807, 2.05) is 37.3 Å². The number of hydrogen-bond acceptors (Lipinski definition) is 4. The van der Waals surface area contributed by atoms with Crippen LogP contribution in [-0.4, -0.2) is 13.0 Å². The molecule has 5 heteroatoms. The minimum Gasteiger partial charge on any atom is -0.495 e. The Bertz CT molecular complexity index is 959. The highest BCUT2D eigenvalue weighted by Gasteiger charge is 2.14. The third-order valence-electron chi connectivity index (χ3n) is 4.93. The summed E-state index contributed by atoms with van der Waals surface area (Å²) in [4.78, 5) is 12.5. The normalized spacial score (nSPS) is 11.7. The molecule has 2 aromatic carbocycles. The fourth-order valence-electron chi connectivity index (χ4n) is 2.96. The van der Waals surface area contributed by atoms with E-state index < -0.39 is 0 Å². The van der Waals surface area contributed by atoms with Crippen molar-refractivity contribution in [2.24, 2.45) is 0 Å². The molecular weight excluding hydrogens is 366 g/mol. The fourth-order valence-corrected chi connectivity index (χ4v) is 2.96. The number of carbonyl (C=O) groups excluding carboxylic acids is 1. The lowest BCUT2D eigenvalue weighted by atomic mass is 9.99. The Hall–Kier alpha value is -3.21. The Balaban J connectivity index is 1.60. The van der Waals surface area contributed by atoms with Crippen LogP contribution in [0, 0.1) is 6.92 Å². The number of anilines is 1. The third-order valence-corrected chi connectivity index (χ3v) is 4.93. The highest BCUT2D eigenvalue weighted by molar-refractivity contribution is 6.03. The predicted molar refractivity (Wildman–Crippen MR) is 114 cm³/mol. The zero-order chi connectivity index (χ0) is 20.8. The van der Waals surface area contributed by atoms with Crippen molar-refractivity contribution in [1.29, 1.82) is 0 Å². The molecule has 0 aliphatic rings. The molecule has 3 aromatic rings. The number of hydrogen-bond donors (Lipinski definition) is 1. The zero-order valence-electron chi connectivity index (χ0n) is 17.3. The first-order valence-electron chi connectivity index (χ1n) is 9.77. The summed E-state index contributed by atoms with van der Waals surface area (Å²) in [5.41, 5.74) is 2.92. The van der Waals surface area contributed by atoms with Crippen molar-refractivity contribution in [3.63, 3.8) is 0 Å². The van der Waals surface area contributed by atoms with Gasteiger partial charge in [0.25, 0.3) is 5.91 Å². The minimum atomic E-state index is -0.335. The smallest absolute Gasteiger partial charge is 0.291 e. The van der Waals surface area contributed by atoms with Crippen LogP contribution in [0.2, 0.25) is 0 Å². The summed E-state index contributed by atoms with van der Waals surface area (Å²) in [6.45, 7) is 6.59. The monoisotopic (exact) mass is 393 g/mol. The van der Waals surface area contributed by atoms with E-state index in [0.717, 1.165) is 17.7 Å². The number of ether oxygens (including phenoxy) is 2. The lowest BCUT2D eigenvalue weighted by Crippen LogP contribution is -2.12. The molecule has 3 rings (SSSR count). The second kappa shape index (κ2) is 9.32. The molecule has 1 amide bonds. The van der Waals surface area contributed by atoms with Crippen molar-refractivity contribution < 1.29 is 18.7 Å². The largest absolute Gasteiger partial charge is 0.495 e. The van der Waals surface area contributed by atoms with E-state index in [-0.39, 0.29) is 18.3 Å². The second-order valence-corrected chi connectivity index (χ2v) is 7.09. The van der Waals surface area contributed by atoms with E-state index in [4.69, 9.17) is 13.9 Å². The molecule has 0 spiro atoms. The van der Waals surface area contributed by atoms with Crippen molar-refractivity contribution in [3.8, 4) is 11.5 Å². The standard InChI is InChI=1S/C24H27NO4/c1-5-17(3)18-7-9-19(10-8-18)28-15-20-11-13-23(29-20)24(26)25-21-14-16(2)6-12-22(21)27-4/h6-14,17H,5,15H2,1-4H3,(H,25,26). The fraction of sp³-hybridized carbons (Fsp3) is 0.292. The van der Waals surface area contributed by atoms with Gasteiger partial charge in [0.05, 0.1) is 12.8 Å². The van der Waals surface area contributed by atoms with Gasteiger partial charge in [-0.1, -0.05) is 32.0 Å². The molecule has 1 atom stereocenters. The van der Waals surface area contributed by atoms with Gasteiger partial charge < -0.3 is 19.2 Å². The van der Waals surface area contributed by atoms with Crippen LogP contribution in [0.1, 0.15) is 53.6 Å². The van der Waals surface area contributed by atoms with Crippen molar-refractivity contribution in [2.45, 2.75) is 39.7 Å². The number of benzene rings is 2. The maximum atomic E-state index is 12.5. The van der Waals surface area contributed by atoms with Gasteiger partial charge in [-0.2, -0.15) is 0 Å². The number of aryl methyl sites for hydroxylation is 1. The Kier molecular flexibility index (Phi) is 6.60. The van der Waals surface area contributed by atoms with E-state index >= 15 is 0 Å². The number of methoxy groups -OCH3 is 1. The lowest BCUT2D eigenvalue weighted by molar-refractivity contribution is 0.0992. The first kappa shape index (κ1) is 20.5. The van der Waals surface area contributed by atoms with Crippen LogP contribution in [0.25, 0.3) is 0 Å². The zero-order valence-corrected chi connectivity index (χ0v) is 17.3. The van der Waals surface area contributed by atoms with Crippen molar-refractivity contribution in [3.05, 3.63) is 77.2 Å². The van der Waals surface area contributed by atoms with Gasteiger partial charge in [0.1, 0.15) is 23.9 Å². The van der Waals surface area contributed by atoms with Crippen LogP contribution >= 0.6 is 0 Å². The first-order valence-corrected chi connectivity index (χ1v) is 9.77. The third kappa shape index (κ3) is 5.19. The van der Waals surface area contributed by atoms with E-state index in [0.29, 0.717) is 23.1 Å². The summed E-state index contributed by atoms with van der Waals surface area (Å²) < 4.78 is 16.7. The Morgan fingerprint density at radius 3 is 2.55 bits per heavy atom. The Morgan fingerprint density at radius 2 is 1.86 bits per heavy atom. The van der Waals surface area contributed by atoms with Gasteiger partial charge in [0.15, 0.2) is 5.76 Å². The van der Waals surface area contributed by atoms with Gasteiger partial charge in [0.2, 0.25) is 0 Å². The first-order chi connectivity index (χ1) is 14.0. The van der Waals surface area contributed by atoms with Crippen LogP contribution in [0.15, 0.2) is 59.0 Å². The molecule has 1 heterocycles. The van der Waals surface area contributed by atoms with Crippen LogP contribution in [-0.2, 0) is 6.61 Å². The van der Waals surface area contributed by atoms with Gasteiger partial charge in [0, 0.05) is 0 Å². The topological polar surface area (TPSA) is 60.7 Å². The molecule has 0 fully saturated rings. The highest BCUT2D eigenvalue weighted by atomic mass is 16.5. The maximum Gasteiger partial charge on any atom is 0.291 e. The molecule has 0 aliphatic heterocycles. The van der Waals surface area contributed by atoms with Crippen LogP contribution in [0.5, 0.6) is 11.5 Å². The molecule has 1 aromatic heterocycles. The van der Waals surface area contributed by atoms with E-state index in [9.17, 15) is 4.79 Å². The maximum absolute atomic E-state index is 12.5. The molecule has 0 saturated heterocycles. The summed E-state index contributed by atoms with van der Waals surface area (Å²) in [7, 11) is 1.57. The van der Waals surface area contributed by atoms with Crippen molar-refractivity contribution in [2.75, 3.05) is 12.4 Å². The summed E-state index contributed by atoms with van der Waals surface area (Å²) in [6.07, 6.45) is 1.10. The van der Waals surface area contributed by atoms with Gasteiger partial charge in [-0.15, -0.1) is 0 Å². The molecule has 29 heavy (non-hydrogen) atoms. The SMILES string of the molecule is CCC(C)c1ccc(OCc2ccc(C(=O)Nc3cc(C)ccc3OC)o2)cc1. The molecule has 0 aliphatic carbocycles. The van der Waals surface area contributed by atoms with Gasteiger partial charge in [-0.3, -0.25) is 4.79 Å². The quantitative estimate of drug-likeness (QED) is 0.514. The van der Waals surface area contributed by atoms with Crippen molar-refractivity contribution in [1.82, 2.24) is 0 Å². The minimum absolute atomic E-state index is 0.222. The summed E-state index contributed by atoms with van der Waals surface area (Å²) in [5.74, 6) is 2.36. The average Bonchev–Trinajstić information content (AvgIpc) is 3.21. The molecule has 1 unspecified atom stereocenters. The number of nitrogens with one attached hydrogen (secondary N) is 1. The summed E-state index contributed by atoms with van der Waals surface area (Å²) in [5, 5.41) is 2.83. The van der Waals surface area contributed by atoms with Crippen LogP contribution in [0.3, 0.4) is 0 Å². The molecule has 5 nitrogen and oxygen atoms in total. The molecule has 0 saturated carbocycles. The Morgan fingerprint density at radius 1 is 1.10 bits per heavy atom. The molecule has 152 valence electrons. The summed E-state index contributed by atoms with van der Waals surface area (Å²) >= 11 is 0. The molecule has 0 radical (unpaired) electrons. The Labute approximate surface area is 171 Å². The van der Waals surface area contributed by atoms with E-state index in [1.165, 1.54) is 5.56 Å².